The third-order valence-electron chi connectivity index (χ3n) is 4.09. The van der Waals surface area contributed by atoms with Crippen LogP contribution in [0.3, 0.4) is 0 Å². The maximum Gasteiger partial charge on any atom is 0.355 e. The third-order valence-corrected chi connectivity index (χ3v) is 5.00. The van der Waals surface area contributed by atoms with Crippen molar-refractivity contribution in [2.45, 2.75) is 31.6 Å². The van der Waals surface area contributed by atoms with Gasteiger partial charge in [-0.25, -0.2) is 9.78 Å². The van der Waals surface area contributed by atoms with Crippen LogP contribution in [0.2, 0.25) is 0 Å². The number of nitrogens with one attached hydrogen (secondary N) is 1. The molecule has 1 aromatic carbocycles. The number of aromatic nitrogens is 1. The summed E-state index contributed by atoms with van der Waals surface area (Å²) in [6.07, 6.45) is 3.50. The first-order chi connectivity index (χ1) is 11.1. The summed E-state index contributed by atoms with van der Waals surface area (Å²) in [7, 11) is 0. The minimum absolute atomic E-state index is 0.0483. The van der Waals surface area contributed by atoms with E-state index in [1.807, 2.05) is 18.2 Å². The Kier molecular flexibility index (Phi) is 4.71. The Labute approximate surface area is 138 Å². The van der Waals surface area contributed by atoms with Crippen molar-refractivity contribution in [2.75, 3.05) is 6.54 Å². The maximum absolute atomic E-state index is 12.4. The summed E-state index contributed by atoms with van der Waals surface area (Å²) in [6.45, 7) is 0.476. The molecule has 5 nitrogen and oxygen atoms in total. The number of amides is 1. The molecular weight excluding hydrogens is 312 g/mol. The molecule has 6 heteroatoms. The quantitative estimate of drug-likeness (QED) is 0.883. The zero-order chi connectivity index (χ0) is 16.2. The summed E-state index contributed by atoms with van der Waals surface area (Å²) in [6, 6.07) is 8.13. The average Bonchev–Trinajstić information content (AvgIpc) is 3.03. The monoisotopic (exact) mass is 330 g/mol. The van der Waals surface area contributed by atoms with E-state index in [2.05, 4.69) is 16.4 Å². The minimum Gasteiger partial charge on any atom is -0.476 e. The number of carbonyl (C=O) groups is 2. The molecule has 0 saturated heterocycles. The Balaban J connectivity index is 1.57. The molecule has 2 aromatic rings. The highest BCUT2D eigenvalue weighted by atomic mass is 32.1. The number of nitrogens with zero attached hydrogens (tertiary/aromatic N) is 1. The Bertz CT molecular complexity index is 726. The van der Waals surface area contributed by atoms with E-state index in [0.717, 1.165) is 29.8 Å². The van der Waals surface area contributed by atoms with Crippen LogP contribution in [0.1, 0.15) is 45.4 Å². The van der Waals surface area contributed by atoms with Crippen molar-refractivity contribution in [1.82, 2.24) is 10.3 Å². The Morgan fingerprint density at radius 1 is 1.35 bits per heavy atom. The zero-order valence-corrected chi connectivity index (χ0v) is 13.4. The molecular formula is C17H18N2O3S. The number of rotatable bonds is 5. The SMILES string of the molecule is O=C(O)c1csc(CCNC(=O)[C@H]2CCCc3ccccc32)n1. The van der Waals surface area contributed by atoms with E-state index in [9.17, 15) is 9.59 Å². The van der Waals surface area contributed by atoms with Crippen LogP contribution in [0.5, 0.6) is 0 Å². The van der Waals surface area contributed by atoms with Gasteiger partial charge in [0.05, 0.1) is 10.9 Å². The van der Waals surface area contributed by atoms with Gasteiger partial charge in [-0.2, -0.15) is 0 Å². The molecule has 1 amide bonds. The summed E-state index contributed by atoms with van der Waals surface area (Å²) >= 11 is 1.31. The number of hydrogen-bond donors (Lipinski definition) is 2. The molecule has 0 aliphatic heterocycles. The van der Waals surface area contributed by atoms with Crippen molar-refractivity contribution in [1.29, 1.82) is 0 Å². The van der Waals surface area contributed by atoms with Gasteiger partial charge in [0, 0.05) is 18.3 Å². The fourth-order valence-corrected chi connectivity index (χ4v) is 3.74. The lowest BCUT2D eigenvalue weighted by molar-refractivity contribution is -0.122. The van der Waals surface area contributed by atoms with Crippen LogP contribution in [0.25, 0.3) is 0 Å². The number of carboxylic acids is 1. The first-order valence-corrected chi connectivity index (χ1v) is 8.56. The van der Waals surface area contributed by atoms with Gasteiger partial charge in [-0.15, -0.1) is 11.3 Å². The molecule has 0 bridgehead atoms. The Morgan fingerprint density at radius 3 is 2.96 bits per heavy atom. The van der Waals surface area contributed by atoms with Gasteiger partial charge in [-0.1, -0.05) is 24.3 Å². The molecule has 1 aliphatic rings. The summed E-state index contributed by atoms with van der Waals surface area (Å²) in [5.41, 5.74) is 2.47. The van der Waals surface area contributed by atoms with Crippen LogP contribution >= 0.6 is 11.3 Å². The smallest absolute Gasteiger partial charge is 0.355 e. The molecule has 3 rings (SSSR count). The van der Waals surface area contributed by atoms with Gasteiger partial charge >= 0.3 is 5.97 Å². The number of thiazole rings is 1. The normalized spacial score (nSPS) is 16.6. The van der Waals surface area contributed by atoms with E-state index in [0.29, 0.717) is 13.0 Å². The van der Waals surface area contributed by atoms with Crippen molar-refractivity contribution >= 4 is 23.2 Å². The van der Waals surface area contributed by atoms with E-state index < -0.39 is 5.97 Å². The Morgan fingerprint density at radius 2 is 2.17 bits per heavy atom. The molecule has 1 aliphatic carbocycles. The predicted octanol–water partition coefficient (Wildman–Crippen LogP) is 2.62. The van der Waals surface area contributed by atoms with Crippen molar-refractivity contribution in [2.24, 2.45) is 0 Å². The number of carboxylic acid groups (broad SMARTS) is 1. The summed E-state index contributed by atoms with van der Waals surface area (Å²) < 4.78 is 0. The van der Waals surface area contributed by atoms with Crippen LogP contribution in [0.4, 0.5) is 0 Å². The van der Waals surface area contributed by atoms with Gasteiger partial charge in [0.2, 0.25) is 5.91 Å². The Hall–Kier alpha value is -2.21. The number of aromatic carboxylic acids is 1. The van der Waals surface area contributed by atoms with Crippen LogP contribution in [0.15, 0.2) is 29.6 Å². The highest BCUT2D eigenvalue weighted by Crippen LogP contribution is 2.31. The van der Waals surface area contributed by atoms with Gasteiger partial charge in [0.1, 0.15) is 0 Å². The number of fused-ring (bicyclic) bond motifs is 1. The predicted molar refractivity (Wildman–Crippen MR) is 87.9 cm³/mol. The molecule has 120 valence electrons. The van der Waals surface area contributed by atoms with Gasteiger partial charge in [-0.3, -0.25) is 4.79 Å². The highest BCUT2D eigenvalue weighted by molar-refractivity contribution is 7.09. The van der Waals surface area contributed by atoms with Gasteiger partial charge in [-0.05, 0) is 30.4 Å². The zero-order valence-electron chi connectivity index (χ0n) is 12.6. The topological polar surface area (TPSA) is 79.3 Å². The van der Waals surface area contributed by atoms with Gasteiger partial charge in [0.15, 0.2) is 5.69 Å². The fourth-order valence-electron chi connectivity index (χ4n) is 2.97. The van der Waals surface area contributed by atoms with E-state index in [4.69, 9.17) is 5.11 Å². The molecule has 1 aromatic heterocycles. The molecule has 1 atom stereocenters. The molecule has 2 N–H and O–H groups in total. The van der Waals surface area contributed by atoms with Crippen molar-refractivity contribution in [3.05, 3.63) is 51.5 Å². The van der Waals surface area contributed by atoms with Gasteiger partial charge in [0.25, 0.3) is 0 Å². The minimum atomic E-state index is -1.02. The summed E-state index contributed by atoms with van der Waals surface area (Å²) in [5, 5.41) is 14.1. The second-order valence-corrected chi connectivity index (χ2v) is 6.56. The van der Waals surface area contributed by atoms with Crippen LogP contribution in [-0.4, -0.2) is 28.5 Å². The van der Waals surface area contributed by atoms with Crippen molar-refractivity contribution in [3.8, 4) is 0 Å². The lowest BCUT2D eigenvalue weighted by Gasteiger charge is -2.24. The van der Waals surface area contributed by atoms with E-state index >= 15 is 0 Å². The lowest BCUT2D eigenvalue weighted by Crippen LogP contribution is -2.32. The molecule has 0 fully saturated rings. The third kappa shape index (κ3) is 3.59. The van der Waals surface area contributed by atoms with Crippen molar-refractivity contribution < 1.29 is 14.7 Å². The standard InChI is InChI=1S/C17H18N2O3S/c20-16(13-7-3-5-11-4-1-2-6-12(11)13)18-9-8-15-19-14(10-23-15)17(21)22/h1-2,4,6,10,13H,3,5,7-9H2,(H,18,20)(H,21,22)/t13-/m0/s1. The van der Waals surface area contributed by atoms with Crippen LogP contribution in [0, 0.1) is 0 Å². The second-order valence-electron chi connectivity index (χ2n) is 5.62. The fraction of sp³-hybridized carbons (Fsp3) is 0.353. The molecule has 0 radical (unpaired) electrons. The number of aryl methyl sites for hydroxylation is 1. The average molecular weight is 330 g/mol. The van der Waals surface area contributed by atoms with Crippen LogP contribution < -0.4 is 5.32 Å². The van der Waals surface area contributed by atoms with Crippen molar-refractivity contribution in [3.63, 3.8) is 0 Å². The first-order valence-electron chi connectivity index (χ1n) is 7.68. The molecule has 23 heavy (non-hydrogen) atoms. The molecule has 1 heterocycles. The second kappa shape index (κ2) is 6.91. The van der Waals surface area contributed by atoms with Gasteiger partial charge < -0.3 is 10.4 Å². The summed E-state index contributed by atoms with van der Waals surface area (Å²) in [4.78, 5) is 27.3. The molecule has 0 unspecified atom stereocenters. The van der Waals surface area contributed by atoms with E-state index in [1.54, 1.807) is 0 Å². The largest absolute Gasteiger partial charge is 0.476 e. The number of carbonyl (C=O) groups excluding carboxylic acids is 1. The number of hydrogen-bond acceptors (Lipinski definition) is 4. The maximum atomic E-state index is 12.4. The summed E-state index contributed by atoms with van der Waals surface area (Å²) in [5.74, 6) is -1.05. The highest BCUT2D eigenvalue weighted by Gasteiger charge is 2.25. The molecule has 0 saturated carbocycles. The van der Waals surface area contributed by atoms with Crippen LogP contribution in [-0.2, 0) is 17.6 Å². The van der Waals surface area contributed by atoms with E-state index in [-0.39, 0.29) is 17.5 Å². The van der Waals surface area contributed by atoms with E-state index in [1.165, 1.54) is 22.3 Å². The lowest BCUT2D eigenvalue weighted by atomic mass is 9.82. The first kappa shape index (κ1) is 15.7. The number of benzene rings is 1. The molecule has 0 spiro atoms.